The van der Waals surface area contributed by atoms with E-state index in [1.165, 1.54) is 5.56 Å². The number of hydrogen-bond donors (Lipinski definition) is 1. The number of carbonyl (C=O) groups is 1. The van der Waals surface area contributed by atoms with Gasteiger partial charge in [0.15, 0.2) is 0 Å². The average molecular weight is 307 g/mol. The van der Waals surface area contributed by atoms with Crippen molar-refractivity contribution in [3.8, 4) is 17.6 Å². The number of rotatable bonds is 4. The first-order chi connectivity index (χ1) is 11.1. The van der Waals surface area contributed by atoms with Crippen molar-refractivity contribution in [2.45, 2.75) is 32.1 Å². The molecule has 0 amide bonds. The number of nitrogens with zero attached hydrogens (tertiary/aromatic N) is 1. The van der Waals surface area contributed by atoms with E-state index < -0.39 is 5.97 Å². The second-order valence-electron chi connectivity index (χ2n) is 5.89. The van der Waals surface area contributed by atoms with Gasteiger partial charge in [0.25, 0.3) is 0 Å². The Bertz CT molecular complexity index is 805. The molecule has 0 saturated heterocycles. The Hall–Kier alpha value is -2.80. The lowest BCUT2D eigenvalue weighted by Gasteiger charge is -2.12. The van der Waals surface area contributed by atoms with Crippen LogP contribution in [0.15, 0.2) is 36.4 Å². The van der Waals surface area contributed by atoms with E-state index in [0.717, 1.165) is 35.5 Å². The van der Waals surface area contributed by atoms with Crippen molar-refractivity contribution >= 4 is 5.97 Å². The fourth-order valence-electron chi connectivity index (χ4n) is 3.13. The lowest BCUT2D eigenvalue weighted by molar-refractivity contribution is -0.137. The molecule has 1 aliphatic carbocycles. The van der Waals surface area contributed by atoms with Gasteiger partial charge in [-0.25, -0.2) is 0 Å². The zero-order valence-electron chi connectivity index (χ0n) is 12.9. The number of benzene rings is 2. The molecule has 4 nitrogen and oxygen atoms in total. The van der Waals surface area contributed by atoms with E-state index in [2.05, 4.69) is 6.07 Å². The SMILES string of the molecule is Cc1cc(C#N)ccc1Oc1ccc2c(c1)CC[C@H]2CC(=O)O. The highest BCUT2D eigenvalue weighted by atomic mass is 16.5. The van der Waals surface area contributed by atoms with E-state index >= 15 is 0 Å². The lowest BCUT2D eigenvalue weighted by atomic mass is 9.98. The van der Waals surface area contributed by atoms with Crippen LogP contribution in [0.25, 0.3) is 0 Å². The number of nitriles is 1. The summed E-state index contributed by atoms with van der Waals surface area (Å²) in [7, 11) is 0. The Balaban J connectivity index is 1.81. The van der Waals surface area contributed by atoms with Gasteiger partial charge in [0.2, 0.25) is 0 Å². The molecule has 3 rings (SSSR count). The molecule has 0 aromatic heterocycles. The predicted molar refractivity (Wildman–Crippen MR) is 85.7 cm³/mol. The Morgan fingerprint density at radius 2 is 2.17 bits per heavy atom. The largest absolute Gasteiger partial charge is 0.481 e. The summed E-state index contributed by atoms with van der Waals surface area (Å²) in [6.07, 6.45) is 1.94. The van der Waals surface area contributed by atoms with Gasteiger partial charge < -0.3 is 9.84 Å². The molecule has 2 aromatic rings. The molecule has 2 aromatic carbocycles. The van der Waals surface area contributed by atoms with Crippen molar-refractivity contribution < 1.29 is 14.6 Å². The summed E-state index contributed by atoms with van der Waals surface area (Å²) in [6, 6.07) is 13.3. The number of fused-ring (bicyclic) bond motifs is 1. The van der Waals surface area contributed by atoms with Crippen LogP contribution in [0.1, 0.15) is 41.0 Å². The molecule has 1 aliphatic rings. The number of ether oxygens (including phenoxy) is 1. The van der Waals surface area contributed by atoms with Crippen molar-refractivity contribution in [3.63, 3.8) is 0 Å². The van der Waals surface area contributed by atoms with Crippen LogP contribution >= 0.6 is 0 Å². The summed E-state index contributed by atoms with van der Waals surface area (Å²) in [4.78, 5) is 10.9. The summed E-state index contributed by atoms with van der Waals surface area (Å²) < 4.78 is 5.92. The normalized spacial score (nSPS) is 15.7. The first-order valence-electron chi connectivity index (χ1n) is 7.60. The molecule has 0 unspecified atom stereocenters. The summed E-state index contributed by atoms with van der Waals surface area (Å²) in [5.74, 6) is 0.821. The van der Waals surface area contributed by atoms with Crippen LogP contribution in [-0.4, -0.2) is 11.1 Å². The molecule has 0 spiro atoms. The molecule has 4 heteroatoms. The highest BCUT2D eigenvalue weighted by Gasteiger charge is 2.25. The van der Waals surface area contributed by atoms with E-state index in [1.807, 2.05) is 25.1 Å². The molecule has 0 heterocycles. The van der Waals surface area contributed by atoms with Crippen molar-refractivity contribution in [3.05, 3.63) is 58.7 Å². The van der Waals surface area contributed by atoms with Crippen LogP contribution in [0.3, 0.4) is 0 Å². The minimum absolute atomic E-state index is 0.105. The molecule has 0 aliphatic heterocycles. The Morgan fingerprint density at radius 1 is 1.35 bits per heavy atom. The minimum atomic E-state index is -0.753. The van der Waals surface area contributed by atoms with Gasteiger partial charge in [0.05, 0.1) is 18.1 Å². The molecule has 0 saturated carbocycles. The van der Waals surface area contributed by atoms with Crippen LogP contribution in [0.4, 0.5) is 0 Å². The maximum atomic E-state index is 10.9. The van der Waals surface area contributed by atoms with Gasteiger partial charge in [-0.1, -0.05) is 6.07 Å². The zero-order chi connectivity index (χ0) is 16.4. The number of carboxylic acid groups (broad SMARTS) is 1. The highest BCUT2D eigenvalue weighted by molar-refractivity contribution is 5.68. The van der Waals surface area contributed by atoms with Gasteiger partial charge in [-0.3, -0.25) is 4.79 Å². The van der Waals surface area contributed by atoms with E-state index in [4.69, 9.17) is 15.1 Å². The topological polar surface area (TPSA) is 70.3 Å². The van der Waals surface area contributed by atoms with E-state index in [-0.39, 0.29) is 12.3 Å². The zero-order valence-corrected chi connectivity index (χ0v) is 12.9. The second kappa shape index (κ2) is 6.13. The summed E-state index contributed by atoms with van der Waals surface area (Å²) in [5.41, 5.74) is 3.81. The molecular formula is C19H17NO3. The maximum absolute atomic E-state index is 10.9. The van der Waals surface area contributed by atoms with Crippen molar-refractivity contribution in [1.29, 1.82) is 5.26 Å². The number of aryl methyl sites for hydroxylation is 2. The summed E-state index contributed by atoms with van der Waals surface area (Å²) in [5, 5.41) is 17.9. The predicted octanol–water partition coefficient (Wildman–Crippen LogP) is 4.16. The standard InChI is InChI=1S/C19H17NO3/c1-12-8-13(11-20)2-7-18(12)23-16-5-6-17-14(9-16)3-4-15(17)10-19(21)22/h2,5-9,15H,3-4,10H2,1H3,(H,21,22)/t15-/m0/s1. The molecule has 116 valence electrons. The first-order valence-corrected chi connectivity index (χ1v) is 7.60. The quantitative estimate of drug-likeness (QED) is 0.920. The van der Waals surface area contributed by atoms with Crippen molar-refractivity contribution in [1.82, 2.24) is 0 Å². The molecule has 23 heavy (non-hydrogen) atoms. The van der Waals surface area contributed by atoms with Crippen molar-refractivity contribution in [2.75, 3.05) is 0 Å². The maximum Gasteiger partial charge on any atom is 0.303 e. The fraction of sp³-hybridized carbons (Fsp3) is 0.263. The van der Waals surface area contributed by atoms with E-state index in [9.17, 15) is 4.79 Å². The third-order valence-corrected chi connectivity index (χ3v) is 4.27. The van der Waals surface area contributed by atoms with Crippen molar-refractivity contribution in [2.24, 2.45) is 0 Å². The Morgan fingerprint density at radius 3 is 2.87 bits per heavy atom. The third kappa shape index (κ3) is 3.19. The van der Waals surface area contributed by atoms with E-state index in [1.54, 1.807) is 18.2 Å². The lowest BCUT2D eigenvalue weighted by Crippen LogP contribution is -2.02. The monoisotopic (exact) mass is 307 g/mol. The first kappa shape index (κ1) is 15.1. The van der Waals surface area contributed by atoms with Crippen LogP contribution < -0.4 is 4.74 Å². The molecule has 1 atom stereocenters. The van der Waals surface area contributed by atoms with Gasteiger partial charge in [-0.05, 0) is 72.7 Å². The average Bonchev–Trinajstić information content (AvgIpc) is 2.91. The molecule has 1 N–H and O–H groups in total. The Kier molecular flexibility index (Phi) is 4.03. The van der Waals surface area contributed by atoms with Crippen LogP contribution in [0.5, 0.6) is 11.5 Å². The smallest absolute Gasteiger partial charge is 0.303 e. The molecule has 0 fully saturated rings. The van der Waals surface area contributed by atoms with Gasteiger partial charge >= 0.3 is 5.97 Å². The minimum Gasteiger partial charge on any atom is -0.481 e. The van der Waals surface area contributed by atoms with Gasteiger partial charge in [0.1, 0.15) is 11.5 Å². The molecular weight excluding hydrogens is 290 g/mol. The van der Waals surface area contributed by atoms with Gasteiger partial charge in [-0.2, -0.15) is 5.26 Å². The van der Waals surface area contributed by atoms with Crippen LogP contribution in [-0.2, 0) is 11.2 Å². The highest BCUT2D eigenvalue weighted by Crippen LogP contribution is 2.38. The van der Waals surface area contributed by atoms with Gasteiger partial charge in [-0.15, -0.1) is 0 Å². The Labute approximate surface area is 134 Å². The molecule has 0 radical (unpaired) electrons. The third-order valence-electron chi connectivity index (χ3n) is 4.27. The van der Waals surface area contributed by atoms with Crippen LogP contribution in [0, 0.1) is 18.3 Å². The number of hydrogen-bond acceptors (Lipinski definition) is 3. The van der Waals surface area contributed by atoms with Crippen LogP contribution in [0.2, 0.25) is 0 Å². The summed E-state index contributed by atoms with van der Waals surface area (Å²) >= 11 is 0. The number of aliphatic carboxylic acids is 1. The van der Waals surface area contributed by atoms with Gasteiger partial charge in [0, 0.05) is 0 Å². The molecule has 0 bridgehead atoms. The van der Waals surface area contributed by atoms with E-state index in [0.29, 0.717) is 5.56 Å². The number of carboxylic acids is 1. The second-order valence-corrected chi connectivity index (χ2v) is 5.89. The summed E-state index contributed by atoms with van der Waals surface area (Å²) in [6.45, 7) is 1.91. The fourth-order valence-corrected chi connectivity index (χ4v) is 3.13.